The van der Waals surface area contributed by atoms with Crippen LogP contribution in [-0.4, -0.2) is 23.3 Å². The van der Waals surface area contributed by atoms with Gasteiger partial charge in [-0.2, -0.15) is 0 Å². The zero-order valence-corrected chi connectivity index (χ0v) is 10.5. The van der Waals surface area contributed by atoms with Gasteiger partial charge in [0.05, 0.1) is 18.1 Å². The minimum Gasteiger partial charge on any atom is -0.383 e. The molecule has 3 heterocycles. The highest BCUT2D eigenvalue weighted by Gasteiger charge is 2.22. The summed E-state index contributed by atoms with van der Waals surface area (Å²) in [5.41, 5.74) is 0.791. The molecule has 2 aromatic heterocycles. The summed E-state index contributed by atoms with van der Waals surface area (Å²) in [5, 5.41) is 10.2. The topological polar surface area (TPSA) is 51.6 Å². The largest absolute Gasteiger partial charge is 0.383 e. The maximum atomic E-state index is 10.2. The van der Waals surface area contributed by atoms with E-state index in [9.17, 15) is 5.11 Å². The van der Waals surface area contributed by atoms with Gasteiger partial charge in [-0.25, -0.2) is 0 Å². The molecule has 18 heavy (non-hydrogen) atoms. The molecule has 0 saturated carbocycles. The van der Waals surface area contributed by atoms with Crippen molar-refractivity contribution >= 4 is 11.3 Å². The first-order chi connectivity index (χ1) is 8.84. The molecule has 1 aliphatic rings. The first kappa shape index (κ1) is 11.8. The maximum Gasteiger partial charge on any atom is 0.193 e. The smallest absolute Gasteiger partial charge is 0.193 e. The Bertz CT molecular complexity index is 508. The van der Waals surface area contributed by atoms with E-state index in [2.05, 4.69) is 4.98 Å². The first-order valence-corrected chi connectivity index (χ1v) is 6.57. The highest BCUT2D eigenvalue weighted by molar-refractivity contribution is 7.12. The molecule has 1 aliphatic heterocycles. The van der Waals surface area contributed by atoms with Crippen LogP contribution in [0.25, 0.3) is 0 Å². The maximum absolute atomic E-state index is 10.2. The molecule has 0 radical (unpaired) electrons. The van der Waals surface area contributed by atoms with E-state index in [1.807, 2.05) is 24.3 Å². The lowest BCUT2D eigenvalue weighted by molar-refractivity contribution is -0.0413. The van der Waals surface area contributed by atoms with Gasteiger partial charge in [-0.05, 0) is 18.2 Å². The lowest BCUT2D eigenvalue weighted by atomic mass is 10.1. The van der Waals surface area contributed by atoms with Crippen LogP contribution in [0.3, 0.4) is 0 Å². The van der Waals surface area contributed by atoms with Crippen molar-refractivity contribution in [2.45, 2.75) is 12.4 Å². The third kappa shape index (κ3) is 2.30. The molecule has 1 N–H and O–H groups in total. The summed E-state index contributed by atoms with van der Waals surface area (Å²) in [6.45, 7) is 1.26. The second-order valence-electron chi connectivity index (χ2n) is 4.00. The lowest BCUT2D eigenvalue weighted by Gasteiger charge is -2.08. The predicted octanol–water partition coefficient (Wildman–Crippen LogP) is 2.27. The van der Waals surface area contributed by atoms with E-state index in [4.69, 9.17) is 9.47 Å². The number of hydrogen-bond donors (Lipinski definition) is 1. The van der Waals surface area contributed by atoms with Crippen molar-refractivity contribution in [3.05, 3.63) is 52.0 Å². The molecule has 1 unspecified atom stereocenters. The monoisotopic (exact) mass is 263 g/mol. The van der Waals surface area contributed by atoms with Gasteiger partial charge in [0, 0.05) is 22.8 Å². The van der Waals surface area contributed by atoms with Crippen LogP contribution in [0.2, 0.25) is 0 Å². The molecule has 0 aliphatic carbocycles. The van der Waals surface area contributed by atoms with E-state index in [-0.39, 0.29) is 6.29 Å². The van der Waals surface area contributed by atoms with Crippen molar-refractivity contribution in [2.75, 3.05) is 13.2 Å². The van der Waals surface area contributed by atoms with Crippen LogP contribution in [0.5, 0.6) is 0 Å². The quantitative estimate of drug-likeness (QED) is 0.923. The Labute approximate surface area is 109 Å². The molecule has 94 valence electrons. The SMILES string of the molecule is OC(c1cccnc1)c1ccc(C2OCCO2)s1. The highest BCUT2D eigenvalue weighted by atomic mass is 32.1. The molecule has 1 fully saturated rings. The molecule has 1 saturated heterocycles. The Morgan fingerprint density at radius 1 is 1.28 bits per heavy atom. The van der Waals surface area contributed by atoms with Gasteiger partial charge >= 0.3 is 0 Å². The van der Waals surface area contributed by atoms with Gasteiger partial charge in [-0.3, -0.25) is 4.98 Å². The molecular weight excluding hydrogens is 250 g/mol. The van der Waals surface area contributed by atoms with E-state index < -0.39 is 6.10 Å². The third-order valence-corrected chi connectivity index (χ3v) is 3.93. The van der Waals surface area contributed by atoms with Crippen LogP contribution >= 0.6 is 11.3 Å². The number of thiophene rings is 1. The average molecular weight is 263 g/mol. The molecule has 2 aromatic rings. The zero-order valence-electron chi connectivity index (χ0n) is 9.65. The van der Waals surface area contributed by atoms with Gasteiger partial charge in [0.2, 0.25) is 0 Å². The van der Waals surface area contributed by atoms with Gasteiger partial charge in [0.25, 0.3) is 0 Å². The van der Waals surface area contributed by atoms with E-state index in [1.165, 1.54) is 11.3 Å². The number of pyridine rings is 1. The number of aliphatic hydroxyl groups excluding tert-OH is 1. The van der Waals surface area contributed by atoms with Gasteiger partial charge in [-0.15, -0.1) is 11.3 Å². The molecule has 4 nitrogen and oxygen atoms in total. The Morgan fingerprint density at radius 2 is 2.11 bits per heavy atom. The van der Waals surface area contributed by atoms with Gasteiger partial charge in [0.15, 0.2) is 6.29 Å². The molecule has 3 rings (SSSR count). The fourth-order valence-electron chi connectivity index (χ4n) is 1.87. The lowest BCUT2D eigenvalue weighted by Crippen LogP contribution is -1.97. The summed E-state index contributed by atoms with van der Waals surface area (Å²) in [5.74, 6) is 0. The van der Waals surface area contributed by atoms with E-state index in [1.54, 1.807) is 12.4 Å². The van der Waals surface area contributed by atoms with Crippen molar-refractivity contribution < 1.29 is 14.6 Å². The summed E-state index contributed by atoms with van der Waals surface area (Å²) in [6.07, 6.45) is 2.45. The van der Waals surface area contributed by atoms with E-state index >= 15 is 0 Å². The summed E-state index contributed by atoms with van der Waals surface area (Å²) < 4.78 is 10.9. The van der Waals surface area contributed by atoms with Crippen molar-refractivity contribution in [1.82, 2.24) is 4.98 Å². The number of hydrogen-bond acceptors (Lipinski definition) is 5. The Hall–Kier alpha value is -1.27. The Kier molecular flexibility index (Phi) is 3.38. The summed E-state index contributed by atoms with van der Waals surface area (Å²) in [4.78, 5) is 5.87. The second-order valence-corrected chi connectivity index (χ2v) is 5.15. The summed E-state index contributed by atoms with van der Waals surface area (Å²) >= 11 is 1.51. The van der Waals surface area contributed by atoms with Crippen molar-refractivity contribution in [3.8, 4) is 0 Å². The van der Waals surface area contributed by atoms with Crippen molar-refractivity contribution in [2.24, 2.45) is 0 Å². The second kappa shape index (κ2) is 5.16. The Morgan fingerprint density at radius 3 is 2.83 bits per heavy atom. The van der Waals surface area contributed by atoms with Crippen LogP contribution in [0.15, 0.2) is 36.7 Å². The predicted molar refractivity (Wildman–Crippen MR) is 67.3 cm³/mol. The van der Waals surface area contributed by atoms with Crippen LogP contribution in [0.1, 0.15) is 27.7 Å². The highest BCUT2D eigenvalue weighted by Crippen LogP contribution is 2.34. The Balaban J connectivity index is 1.80. The number of aromatic nitrogens is 1. The van der Waals surface area contributed by atoms with Crippen molar-refractivity contribution in [1.29, 1.82) is 0 Å². The zero-order chi connectivity index (χ0) is 12.4. The van der Waals surface area contributed by atoms with Crippen LogP contribution in [0, 0.1) is 0 Å². The standard InChI is InChI=1S/C13H13NO3S/c15-12(9-2-1-5-14-8-9)10-3-4-11(18-10)13-16-6-7-17-13/h1-5,8,12-13,15H,6-7H2. The first-order valence-electron chi connectivity index (χ1n) is 5.75. The van der Waals surface area contributed by atoms with Crippen molar-refractivity contribution in [3.63, 3.8) is 0 Å². The normalized spacial score (nSPS) is 18.1. The molecule has 5 heteroatoms. The van der Waals surface area contributed by atoms with Gasteiger partial charge in [0.1, 0.15) is 6.10 Å². The number of rotatable bonds is 3. The van der Waals surface area contributed by atoms with Crippen LogP contribution in [-0.2, 0) is 9.47 Å². The molecule has 0 bridgehead atoms. The fraction of sp³-hybridized carbons (Fsp3) is 0.308. The summed E-state index contributed by atoms with van der Waals surface area (Å²) in [6, 6.07) is 7.52. The molecule has 0 spiro atoms. The average Bonchev–Trinajstić information content (AvgIpc) is 3.09. The molecular formula is C13H13NO3S. The molecule has 0 amide bonds. The van der Waals surface area contributed by atoms with Gasteiger partial charge in [-0.1, -0.05) is 6.07 Å². The van der Waals surface area contributed by atoms with Crippen LogP contribution < -0.4 is 0 Å². The summed E-state index contributed by atoms with van der Waals surface area (Å²) in [7, 11) is 0. The fourth-order valence-corrected chi connectivity index (χ4v) is 2.89. The number of aliphatic hydroxyl groups is 1. The van der Waals surface area contributed by atoms with E-state index in [0.29, 0.717) is 13.2 Å². The minimum absolute atomic E-state index is 0.273. The number of ether oxygens (including phenoxy) is 2. The van der Waals surface area contributed by atoms with Gasteiger partial charge < -0.3 is 14.6 Å². The molecule has 1 atom stereocenters. The van der Waals surface area contributed by atoms with E-state index in [0.717, 1.165) is 15.3 Å². The number of nitrogens with zero attached hydrogens (tertiary/aromatic N) is 1. The minimum atomic E-state index is -0.640. The van der Waals surface area contributed by atoms with Crippen LogP contribution in [0.4, 0.5) is 0 Å². The third-order valence-electron chi connectivity index (χ3n) is 2.77. The molecule has 0 aromatic carbocycles.